The van der Waals surface area contributed by atoms with Crippen LogP contribution in [0.15, 0.2) is 102 Å². The van der Waals surface area contributed by atoms with Crippen LogP contribution >= 0.6 is 0 Å². The summed E-state index contributed by atoms with van der Waals surface area (Å²) in [4.78, 5) is 12.8. The third kappa shape index (κ3) is 4.47. The Balaban J connectivity index is 1.49. The van der Waals surface area contributed by atoms with Crippen LogP contribution in [0.25, 0.3) is 27.7 Å². The van der Waals surface area contributed by atoms with Gasteiger partial charge in [0.15, 0.2) is 5.69 Å². The lowest BCUT2D eigenvalue weighted by atomic mass is 10.0. The van der Waals surface area contributed by atoms with E-state index in [-0.39, 0.29) is 11.5 Å². The zero-order chi connectivity index (χ0) is 23.5. The molecule has 1 amide bonds. The smallest absolute Gasteiger partial charge is 0.265 e. The maximum absolute atomic E-state index is 13.1. The third-order valence-electron chi connectivity index (χ3n) is 5.52. The number of aromatic nitrogens is 2. The van der Waals surface area contributed by atoms with Crippen molar-refractivity contribution in [1.82, 2.24) is 15.2 Å². The van der Waals surface area contributed by atoms with Crippen molar-refractivity contribution in [2.45, 2.75) is 6.92 Å². The summed E-state index contributed by atoms with van der Waals surface area (Å²) in [5, 5.41) is 10.8. The standard InChI is InChI=1S/C28H21FN4O/c1-19-6-14-25(15-7-19)33-27(23-11-10-21-4-2-3-5-22(21)16-23)17-26(32-33)28(34)31-30-18-20-8-12-24(29)13-9-20/h2-18H,1H3,(H,31,34)/b30-18-. The molecule has 6 heteroatoms. The Morgan fingerprint density at radius 3 is 2.41 bits per heavy atom. The summed E-state index contributed by atoms with van der Waals surface area (Å²) in [5.74, 6) is -0.768. The maximum Gasteiger partial charge on any atom is 0.291 e. The van der Waals surface area contributed by atoms with E-state index in [1.807, 2.05) is 49.4 Å². The van der Waals surface area contributed by atoms with Crippen molar-refractivity contribution in [3.8, 4) is 16.9 Å². The number of nitrogens with zero attached hydrogens (tertiary/aromatic N) is 3. The molecule has 34 heavy (non-hydrogen) atoms. The van der Waals surface area contributed by atoms with E-state index in [1.54, 1.807) is 22.9 Å². The predicted octanol–water partition coefficient (Wildman–Crippen LogP) is 5.90. The van der Waals surface area contributed by atoms with Gasteiger partial charge in [-0.05, 0) is 59.7 Å². The van der Waals surface area contributed by atoms with Gasteiger partial charge < -0.3 is 0 Å². The van der Waals surface area contributed by atoms with Gasteiger partial charge in [0.2, 0.25) is 0 Å². The summed E-state index contributed by atoms with van der Waals surface area (Å²) in [6.07, 6.45) is 1.46. The second-order valence-electron chi connectivity index (χ2n) is 7.97. The number of carbonyl (C=O) groups is 1. The quantitative estimate of drug-likeness (QED) is 0.269. The molecular formula is C28H21FN4O. The summed E-state index contributed by atoms with van der Waals surface area (Å²) in [6, 6.07) is 29.9. The minimum absolute atomic E-state index is 0.236. The number of rotatable bonds is 5. The van der Waals surface area contributed by atoms with E-state index >= 15 is 0 Å². The van der Waals surface area contributed by atoms with Crippen LogP contribution in [0.5, 0.6) is 0 Å². The fourth-order valence-corrected chi connectivity index (χ4v) is 3.70. The Morgan fingerprint density at radius 1 is 0.912 bits per heavy atom. The monoisotopic (exact) mass is 448 g/mol. The van der Waals surface area contributed by atoms with Crippen LogP contribution < -0.4 is 5.43 Å². The number of benzene rings is 4. The number of halogens is 1. The van der Waals surface area contributed by atoms with Gasteiger partial charge in [-0.15, -0.1) is 0 Å². The van der Waals surface area contributed by atoms with Gasteiger partial charge in [-0.1, -0.05) is 66.2 Å². The van der Waals surface area contributed by atoms with Gasteiger partial charge in [-0.2, -0.15) is 10.2 Å². The van der Waals surface area contributed by atoms with Crippen LogP contribution in [0.4, 0.5) is 4.39 Å². The van der Waals surface area contributed by atoms with Gasteiger partial charge in [0, 0.05) is 5.56 Å². The van der Waals surface area contributed by atoms with Gasteiger partial charge >= 0.3 is 0 Å². The van der Waals surface area contributed by atoms with Crippen molar-refractivity contribution in [3.05, 3.63) is 120 Å². The predicted molar refractivity (Wildman–Crippen MR) is 133 cm³/mol. The Morgan fingerprint density at radius 2 is 1.65 bits per heavy atom. The first-order valence-corrected chi connectivity index (χ1v) is 10.8. The largest absolute Gasteiger partial charge is 0.291 e. The van der Waals surface area contributed by atoms with Crippen molar-refractivity contribution in [2.24, 2.45) is 5.10 Å². The normalized spacial score (nSPS) is 11.2. The van der Waals surface area contributed by atoms with Crippen LogP contribution in [-0.4, -0.2) is 21.9 Å². The van der Waals surface area contributed by atoms with E-state index in [4.69, 9.17) is 0 Å². The van der Waals surface area contributed by atoms with E-state index in [2.05, 4.69) is 39.9 Å². The average Bonchev–Trinajstić information content (AvgIpc) is 3.31. The second-order valence-corrected chi connectivity index (χ2v) is 7.97. The van der Waals surface area contributed by atoms with Gasteiger partial charge in [0.25, 0.3) is 5.91 Å². The molecule has 1 N–H and O–H groups in total. The fourth-order valence-electron chi connectivity index (χ4n) is 3.70. The first-order valence-electron chi connectivity index (χ1n) is 10.8. The van der Waals surface area contributed by atoms with E-state index in [9.17, 15) is 9.18 Å². The highest BCUT2D eigenvalue weighted by Gasteiger charge is 2.17. The van der Waals surface area contributed by atoms with Crippen LogP contribution in [0.1, 0.15) is 21.6 Å². The summed E-state index contributed by atoms with van der Waals surface area (Å²) < 4.78 is 14.8. The molecule has 5 rings (SSSR count). The van der Waals surface area contributed by atoms with Gasteiger partial charge in [-0.3, -0.25) is 4.79 Å². The molecule has 5 nitrogen and oxygen atoms in total. The van der Waals surface area contributed by atoms with Crippen LogP contribution in [0, 0.1) is 12.7 Å². The summed E-state index contributed by atoms with van der Waals surface area (Å²) in [6.45, 7) is 2.02. The molecule has 1 aromatic heterocycles. The molecule has 0 fully saturated rings. The molecule has 0 unspecified atom stereocenters. The Bertz CT molecular complexity index is 1500. The highest BCUT2D eigenvalue weighted by Crippen LogP contribution is 2.27. The van der Waals surface area contributed by atoms with Crippen molar-refractivity contribution in [2.75, 3.05) is 0 Å². The summed E-state index contributed by atoms with van der Waals surface area (Å²) in [5.41, 5.74) is 7.14. The molecule has 0 aliphatic heterocycles. The van der Waals surface area contributed by atoms with Gasteiger partial charge in [-0.25, -0.2) is 14.5 Å². The highest BCUT2D eigenvalue weighted by molar-refractivity contribution is 5.95. The SMILES string of the molecule is Cc1ccc(-n2nc(C(=O)N/N=C\c3ccc(F)cc3)cc2-c2ccc3ccccc3c2)cc1. The maximum atomic E-state index is 13.1. The molecule has 0 saturated carbocycles. The number of amides is 1. The molecule has 4 aromatic carbocycles. The van der Waals surface area contributed by atoms with Gasteiger partial charge in [0.1, 0.15) is 5.82 Å². The van der Waals surface area contributed by atoms with E-state index in [0.29, 0.717) is 5.56 Å². The number of hydrogen-bond donors (Lipinski definition) is 1. The van der Waals surface area contributed by atoms with Gasteiger partial charge in [0.05, 0.1) is 17.6 Å². The summed E-state index contributed by atoms with van der Waals surface area (Å²) in [7, 11) is 0. The zero-order valence-corrected chi connectivity index (χ0v) is 18.4. The lowest BCUT2D eigenvalue weighted by Gasteiger charge is -2.09. The van der Waals surface area contributed by atoms with E-state index < -0.39 is 5.91 Å². The number of fused-ring (bicyclic) bond motifs is 1. The molecule has 166 valence electrons. The fraction of sp³-hybridized carbons (Fsp3) is 0.0357. The number of hydrazone groups is 1. The number of carbonyl (C=O) groups excluding carboxylic acids is 1. The highest BCUT2D eigenvalue weighted by atomic mass is 19.1. The Kier molecular flexibility index (Phi) is 5.70. The molecule has 0 bridgehead atoms. The summed E-state index contributed by atoms with van der Waals surface area (Å²) >= 11 is 0. The first kappa shape index (κ1) is 21.3. The molecular weight excluding hydrogens is 427 g/mol. The molecule has 0 saturated heterocycles. The topological polar surface area (TPSA) is 59.3 Å². The van der Waals surface area contributed by atoms with Crippen molar-refractivity contribution < 1.29 is 9.18 Å². The lowest BCUT2D eigenvalue weighted by molar-refractivity contribution is 0.0949. The number of hydrogen-bond acceptors (Lipinski definition) is 3. The average molecular weight is 449 g/mol. The molecule has 0 spiro atoms. The lowest BCUT2D eigenvalue weighted by Crippen LogP contribution is -2.18. The molecule has 0 radical (unpaired) electrons. The van der Waals surface area contributed by atoms with Crippen LogP contribution in [0.2, 0.25) is 0 Å². The van der Waals surface area contributed by atoms with Crippen LogP contribution in [-0.2, 0) is 0 Å². The number of aryl methyl sites for hydroxylation is 1. The Labute approximate surface area is 196 Å². The third-order valence-corrected chi connectivity index (χ3v) is 5.52. The second kappa shape index (κ2) is 9.11. The minimum atomic E-state index is -0.439. The zero-order valence-electron chi connectivity index (χ0n) is 18.4. The Hall–Kier alpha value is -4.58. The minimum Gasteiger partial charge on any atom is -0.265 e. The van der Waals surface area contributed by atoms with E-state index in [1.165, 1.54) is 18.3 Å². The molecule has 0 aliphatic carbocycles. The molecule has 5 aromatic rings. The molecule has 0 aliphatic rings. The molecule has 0 atom stereocenters. The van der Waals surface area contributed by atoms with Crippen molar-refractivity contribution in [1.29, 1.82) is 0 Å². The van der Waals surface area contributed by atoms with E-state index in [0.717, 1.165) is 33.3 Å². The first-order chi connectivity index (χ1) is 16.6. The number of nitrogens with one attached hydrogen (secondary N) is 1. The van der Waals surface area contributed by atoms with Crippen LogP contribution in [0.3, 0.4) is 0 Å². The van der Waals surface area contributed by atoms with Crippen molar-refractivity contribution in [3.63, 3.8) is 0 Å². The molecule has 1 heterocycles. The van der Waals surface area contributed by atoms with Crippen molar-refractivity contribution >= 4 is 22.9 Å².